The number of aromatic nitrogens is 2. The quantitative estimate of drug-likeness (QED) is 0.753. The highest BCUT2D eigenvalue weighted by atomic mass is 16.3. The zero-order valence-corrected chi connectivity index (χ0v) is 11.5. The summed E-state index contributed by atoms with van der Waals surface area (Å²) in [6.45, 7) is 4.01. The number of phenolic OH excluding ortho intramolecular Hbond substituents is 1. The molecule has 1 aromatic heterocycles. The average molecular weight is 264 g/mol. The van der Waals surface area contributed by atoms with E-state index in [1.807, 2.05) is 67.1 Å². The van der Waals surface area contributed by atoms with Crippen LogP contribution < -0.4 is 0 Å². The van der Waals surface area contributed by atoms with Crippen LogP contribution in [0.1, 0.15) is 12.5 Å². The summed E-state index contributed by atoms with van der Waals surface area (Å²) >= 11 is 0. The second-order valence-electron chi connectivity index (χ2n) is 4.75. The van der Waals surface area contributed by atoms with Gasteiger partial charge in [-0.25, -0.2) is 4.98 Å². The topological polar surface area (TPSA) is 38.0 Å². The maximum absolute atomic E-state index is 10.1. The second-order valence-corrected chi connectivity index (χ2v) is 4.75. The monoisotopic (exact) mass is 264 g/mol. The number of phenols is 1. The number of fused-ring (bicyclic) bond motifs is 1. The van der Waals surface area contributed by atoms with Crippen LogP contribution in [0.5, 0.6) is 5.75 Å². The highest BCUT2D eigenvalue weighted by Crippen LogP contribution is 2.32. The summed E-state index contributed by atoms with van der Waals surface area (Å²) in [4.78, 5) is 4.71. The first kappa shape index (κ1) is 12.5. The van der Waals surface area contributed by atoms with Crippen LogP contribution in [0.4, 0.5) is 0 Å². The molecule has 0 unspecified atom stereocenters. The molecule has 100 valence electrons. The summed E-state index contributed by atoms with van der Waals surface area (Å²) < 4.78 is 2.01. The number of aryl methyl sites for hydroxylation is 1. The first-order valence-electron chi connectivity index (χ1n) is 6.61. The molecule has 0 aliphatic carbocycles. The molecule has 0 radical (unpaired) electrons. The van der Waals surface area contributed by atoms with Crippen LogP contribution in [-0.2, 0) is 0 Å². The third kappa shape index (κ3) is 1.88. The summed E-state index contributed by atoms with van der Waals surface area (Å²) in [5.74, 6) is 0.997. The van der Waals surface area contributed by atoms with E-state index in [4.69, 9.17) is 4.98 Å². The highest BCUT2D eigenvalue weighted by molar-refractivity contribution is 5.86. The van der Waals surface area contributed by atoms with Crippen molar-refractivity contribution in [3.05, 3.63) is 54.1 Å². The minimum atomic E-state index is 0.242. The molecule has 1 heterocycles. The summed E-state index contributed by atoms with van der Waals surface area (Å²) in [7, 11) is 0. The van der Waals surface area contributed by atoms with Gasteiger partial charge in [-0.05, 0) is 37.6 Å². The lowest BCUT2D eigenvalue weighted by atomic mass is 10.2. The highest BCUT2D eigenvalue weighted by Gasteiger charge is 2.14. The SMILES string of the molecule is CC=Cn1c(-c2ccccc2O)nc2c(C)cccc21. The van der Waals surface area contributed by atoms with Crippen molar-refractivity contribution in [1.29, 1.82) is 0 Å². The van der Waals surface area contributed by atoms with Crippen LogP contribution in [0.2, 0.25) is 0 Å². The fourth-order valence-electron chi connectivity index (χ4n) is 2.41. The summed E-state index contributed by atoms with van der Waals surface area (Å²) in [6.07, 6.45) is 3.93. The lowest BCUT2D eigenvalue weighted by Gasteiger charge is -2.05. The molecule has 2 aromatic carbocycles. The smallest absolute Gasteiger partial charge is 0.148 e. The minimum Gasteiger partial charge on any atom is -0.507 e. The molecule has 0 fully saturated rings. The Hall–Kier alpha value is -2.55. The van der Waals surface area contributed by atoms with Gasteiger partial charge in [0.15, 0.2) is 0 Å². The van der Waals surface area contributed by atoms with Crippen LogP contribution in [0.25, 0.3) is 28.6 Å². The van der Waals surface area contributed by atoms with E-state index in [9.17, 15) is 5.11 Å². The lowest BCUT2D eigenvalue weighted by Crippen LogP contribution is -1.91. The third-order valence-electron chi connectivity index (χ3n) is 3.36. The molecule has 0 saturated heterocycles. The Morgan fingerprint density at radius 3 is 2.65 bits per heavy atom. The Morgan fingerprint density at radius 1 is 1.10 bits per heavy atom. The first-order valence-corrected chi connectivity index (χ1v) is 6.61. The van der Waals surface area contributed by atoms with Crippen molar-refractivity contribution in [2.45, 2.75) is 13.8 Å². The number of nitrogens with zero attached hydrogens (tertiary/aromatic N) is 2. The van der Waals surface area contributed by atoms with Crippen LogP contribution >= 0.6 is 0 Å². The van der Waals surface area contributed by atoms with E-state index in [1.54, 1.807) is 6.07 Å². The van der Waals surface area contributed by atoms with Gasteiger partial charge in [0.2, 0.25) is 0 Å². The van der Waals surface area contributed by atoms with Crippen molar-refractivity contribution in [2.75, 3.05) is 0 Å². The molecule has 3 heteroatoms. The number of para-hydroxylation sites is 2. The standard InChI is InChI=1S/C17H16N2O/c1-3-11-19-14-9-6-7-12(2)16(14)18-17(19)13-8-4-5-10-15(13)20/h3-11,20H,1-2H3. The van der Waals surface area contributed by atoms with E-state index in [0.29, 0.717) is 0 Å². The number of aromatic hydroxyl groups is 1. The Morgan fingerprint density at radius 2 is 1.90 bits per heavy atom. The van der Waals surface area contributed by atoms with Gasteiger partial charge in [0.05, 0.1) is 16.6 Å². The molecule has 3 rings (SSSR count). The zero-order chi connectivity index (χ0) is 14.1. The number of imidazole rings is 1. The second kappa shape index (κ2) is 4.85. The molecule has 3 nitrogen and oxygen atoms in total. The first-order chi connectivity index (χ1) is 9.72. The van der Waals surface area contributed by atoms with Crippen LogP contribution in [-0.4, -0.2) is 14.7 Å². The summed E-state index contributed by atoms with van der Waals surface area (Å²) in [6, 6.07) is 13.4. The molecule has 0 amide bonds. The van der Waals surface area contributed by atoms with Crippen molar-refractivity contribution >= 4 is 17.2 Å². The van der Waals surface area contributed by atoms with E-state index in [1.165, 1.54) is 0 Å². The van der Waals surface area contributed by atoms with Gasteiger partial charge in [0, 0.05) is 6.20 Å². The van der Waals surface area contributed by atoms with Gasteiger partial charge in [-0.3, -0.25) is 4.57 Å². The van der Waals surface area contributed by atoms with E-state index in [-0.39, 0.29) is 5.75 Å². The Labute approximate surface area is 117 Å². The van der Waals surface area contributed by atoms with Gasteiger partial charge < -0.3 is 5.11 Å². The number of hydrogen-bond acceptors (Lipinski definition) is 2. The minimum absolute atomic E-state index is 0.242. The van der Waals surface area contributed by atoms with Crippen molar-refractivity contribution in [3.8, 4) is 17.1 Å². The van der Waals surface area contributed by atoms with Crippen molar-refractivity contribution in [3.63, 3.8) is 0 Å². The van der Waals surface area contributed by atoms with Gasteiger partial charge in [-0.15, -0.1) is 0 Å². The molecule has 0 aliphatic heterocycles. The summed E-state index contributed by atoms with van der Waals surface area (Å²) in [5.41, 5.74) is 3.87. The van der Waals surface area contributed by atoms with Gasteiger partial charge >= 0.3 is 0 Å². The molecule has 0 bridgehead atoms. The van der Waals surface area contributed by atoms with E-state index in [2.05, 4.69) is 0 Å². The number of allylic oxidation sites excluding steroid dienone is 1. The fourth-order valence-corrected chi connectivity index (χ4v) is 2.41. The maximum atomic E-state index is 10.1. The summed E-state index contributed by atoms with van der Waals surface area (Å²) in [5, 5.41) is 10.1. The molecule has 0 saturated carbocycles. The Kier molecular flexibility index (Phi) is 3.03. The van der Waals surface area contributed by atoms with Crippen LogP contribution in [0, 0.1) is 6.92 Å². The fraction of sp³-hybridized carbons (Fsp3) is 0.118. The zero-order valence-electron chi connectivity index (χ0n) is 11.5. The molecule has 0 spiro atoms. The number of rotatable bonds is 2. The van der Waals surface area contributed by atoms with Crippen molar-refractivity contribution < 1.29 is 5.11 Å². The molecule has 20 heavy (non-hydrogen) atoms. The number of hydrogen-bond donors (Lipinski definition) is 1. The molecular formula is C17H16N2O. The van der Waals surface area contributed by atoms with Crippen LogP contribution in [0.15, 0.2) is 48.5 Å². The van der Waals surface area contributed by atoms with E-state index < -0.39 is 0 Å². The molecule has 0 atom stereocenters. The Balaban J connectivity index is 2.38. The van der Waals surface area contributed by atoms with Crippen molar-refractivity contribution in [2.24, 2.45) is 0 Å². The third-order valence-corrected chi connectivity index (χ3v) is 3.36. The normalized spacial score (nSPS) is 11.5. The largest absolute Gasteiger partial charge is 0.507 e. The number of benzene rings is 2. The lowest BCUT2D eigenvalue weighted by molar-refractivity contribution is 0.477. The predicted molar refractivity (Wildman–Crippen MR) is 82.6 cm³/mol. The molecular weight excluding hydrogens is 248 g/mol. The van der Waals surface area contributed by atoms with Gasteiger partial charge in [0.1, 0.15) is 11.6 Å². The van der Waals surface area contributed by atoms with Gasteiger partial charge in [-0.1, -0.05) is 30.3 Å². The molecule has 3 aromatic rings. The van der Waals surface area contributed by atoms with Gasteiger partial charge in [-0.2, -0.15) is 0 Å². The maximum Gasteiger partial charge on any atom is 0.148 e. The van der Waals surface area contributed by atoms with E-state index >= 15 is 0 Å². The predicted octanol–water partition coefficient (Wildman–Crippen LogP) is 4.21. The van der Waals surface area contributed by atoms with Crippen LogP contribution in [0.3, 0.4) is 0 Å². The van der Waals surface area contributed by atoms with Crippen molar-refractivity contribution in [1.82, 2.24) is 9.55 Å². The molecule has 0 aliphatic rings. The average Bonchev–Trinajstić information content (AvgIpc) is 2.80. The molecule has 1 N–H and O–H groups in total. The van der Waals surface area contributed by atoms with E-state index in [0.717, 1.165) is 28.0 Å². The Bertz CT molecular complexity index is 800. The van der Waals surface area contributed by atoms with Gasteiger partial charge in [0.25, 0.3) is 0 Å².